The van der Waals surface area contributed by atoms with Gasteiger partial charge in [-0.25, -0.2) is 9.38 Å². The number of phenols is 1. The minimum atomic E-state index is -0.349. The van der Waals surface area contributed by atoms with Crippen LogP contribution in [0, 0.1) is 5.82 Å². The predicted molar refractivity (Wildman–Crippen MR) is 113 cm³/mol. The molecule has 0 unspecified atom stereocenters. The van der Waals surface area contributed by atoms with Gasteiger partial charge in [0.05, 0.1) is 5.69 Å². The smallest absolute Gasteiger partial charge is 0.246 e. The maximum absolute atomic E-state index is 13.0. The van der Waals surface area contributed by atoms with E-state index in [4.69, 9.17) is 0 Å². The number of carbonyl (C=O) groups is 1. The number of rotatable bonds is 5. The first-order valence-electron chi connectivity index (χ1n) is 9.68. The molecule has 3 rings (SSSR count). The number of hydrogen-bond donors (Lipinski definition) is 3. The standard InChI is InChI=1S/C21H26FN5O2/c1-2-23-21(24-15-20(29)25-17-9-7-16(22)8-10-17)27-13-11-26(12-14-27)18-5-3-4-6-19(18)28/h3-10,28H,2,11-15H2,1H3,(H,23,24)(H,25,29). The monoisotopic (exact) mass is 399 g/mol. The lowest BCUT2D eigenvalue weighted by Crippen LogP contribution is -2.52. The van der Waals surface area contributed by atoms with Gasteiger partial charge in [0.25, 0.3) is 0 Å². The molecular formula is C21H26FN5O2. The highest BCUT2D eigenvalue weighted by Crippen LogP contribution is 2.27. The first-order valence-corrected chi connectivity index (χ1v) is 9.68. The van der Waals surface area contributed by atoms with Gasteiger partial charge >= 0.3 is 0 Å². The fraction of sp³-hybridized carbons (Fsp3) is 0.333. The summed E-state index contributed by atoms with van der Waals surface area (Å²) in [6, 6.07) is 12.9. The van der Waals surface area contributed by atoms with Crippen LogP contribution in [0.2, 0.25) is 0 Å². The molecule has 0 radical (unpaired) electrons. The van der Waals surface area contributed by atoms with Gasteiger partial charge < -0.3 is 25.5 Å². The molecule has 29 heavy (non-hydrogen) atoms. The van der Waals surface area contributed by atoms with E-state index in [1.54, 1.807) is 6.07 Å². The molecular weight excluding hydrogens is 373 g/mol. The largest absolute Gasteiger partial charge is 0.506 e. The number of carbonyl (C=O) groups excluding carboxylic acids is 1. The number of benzene rings is 2. The summed E-state index contributed by atoms with van der Waals surface area (Å²) in [7, 11) is 0. The van der Waals surface area contributed by atoms with E-state index in [0.29, 0.717) is 18.2 Å². The third kappa shape index (κ3) is 5.60. The molecule has 0 atom stereocenters. The molecule has 8 heteroatoms. The zero-order valence-electron chi connectivity index (χ0n) is 16.4. The van der Waals surface area contributed by atoms with Gasteiger partial charge in [-0.1, -0.05) is 12.1 Å². The summed E-state index contributed by atoms with van der Waals surface area (Å²) >= 11 is 0. The molecule has 0 bridgehead atoms. The maximum Gasteiger partial charge on any atom is 0.246 e. The van der Waals surface area contributed by atoms with Crippen molar-refractivity contribution in [3.63, 3.8) is 0 Å². The fourth-order valence-electron chi connectivity index (χ4n) is 3.20. The zero-order valence-corrected chi connectivity index (χ0v) is 16.4. The van der Waals surface area contributed by atoms with E-state index >= 15 is 0 Å². The van der Waals surface area contributed by atoms with Gasteiger partial charge in [0.15, 0.2) is 5.96 Å². The average Bonchev–Trinajstić information content (AvgIpc) is 2.73. The van der Waals surface area contributed by atoms with Crippen molar-refractivity contribution in [3.8, 4) is 5.75 Å². The topological polar surface area (TPSA) is 80.2 Å². The Hall–Kier alpha value is -3.29. The van der Waals surface area contributed by atoms with Crippen LogP contribution in [-0.4, -0.2) is 61.1 Å². The number of halogens is 1. The van der Waals surface area contributed by atoms with E-state index < -0.39 is 0 Å². The van der Waals surface area contributed by atoms with Gasteiger partial charge in [-0.3, -0.25) is 4.79 Å². The molecule has 1 aliphatic heterocycles. The van der Waals surface area contributed by atoms with Gasteiger partial charge in [-0.05, 0) is 43.3 Å². The number of para-hydroxylation sites is 2. The molecule has 0 aliphatic carbocycles. The molecule has 7 nitrogen and oxygen atoms in total. The second-order valence-electron chi connectivity index (χ2n) is 6.69. The molecule has 1 heterocycles. The van der Waals surface area contributed by atoms with Gasteiger partial charge in [-0.15, -0.1) is 0 Å². The molecule has 1 fully saturated rings. The van der Waals surface area contributed by atoms with Crippen LogP contribution in [-0.2, 0) is 4.79 Å². The van der Waals surface area contributed by atoms with Crippen LogP contribution in [0.5, 0.6) is 5.75 Å². The number of anilines is 2. The third-order valence-corrected chi connectivity index (χ3v) is 4.64. The fourth-order valence-corrected chi connectivity index (χ4v) is 3.20. The molecule has 2 aromatic rings. The van der Waals surface area contributed by atoms with Gasteiger partial charge in [0.2, 0.25) is 5.91 Å². The Morgan fingerprint density at radius 1 is 1.10 bits per heavy atom. The minimum absolute atomic E-state index is 0.0284. The van der Waals surface area contributed by atoms with E-state index in [0.717, 1.165) is 31.9 Å². The van der Waals surface area contributed by atoms with Gasteiger partial charge in [-0.2, -0.15) is 0 Å². The first-order chi connectivity index (χ1) is 14.1. The number of phenolic OH excluding ortho intramolecular Hbond substituents is 1. The van der Waals surface area contributed by atoms with E-state index in [1.165, 1.54) is 24.3 Å². The van der Waals surface area contributed by atoms with Crippen molar-refractivity contribution in [2.45, 2.75) is 6.92 Å². The molecule has 0 spiro atoms. The highest BCUT2D eigenvalue weighted by atomic mass is 19.1. The van der Waals surface area contributed by atoms with E-state index in [9.17, 15) is 14.3 Å². The Morgan fingerprint density at radius 2 is 1.79 bits per heavy atom. The van der Waals surface area contributed by atoms with Crippen molar-refractivity contribution < 1.29 is 14.3 Å². The maximum atomic E-state index is 13.0. The molecule has 1 saturated heterocycles. The van der Waals surface area contributed by atoms with Crippen LogP contribution in [0.25, 0.3) is 0 Å². The summed E-state index contributed by atoms with van der Waals surface area (Å²) in [6.07, 6.45) is 0. The van der Waals surface area contributed by atoms with Crippen LogP contribution >= 0.6 is 0 Å². The second-order valence-corrected chi connectivity index (χ2v) is 6.69. The van der Waals surface area contributed by atoms with Crippen molar-refractivity contribution in [2.24, 2.45) is 4.99 Å². The van der Waals surface area contributed by atoms with Gasteiger partial charge in [0, 0.05) is 38.4 Å². The number of hydrogen-bond acceptors (Lipinski definition) is 4. The third-order valence-electron chi connectivity index (χ3n) is 4.64. The highest BCUT2D eigenvalue weighted by Gasteiger charge is 2.21. The molecule has 3 N–H and O–H groups in total. The van der Waals surface area contributed by atoms with Crippen molar-refractivity contribution in [1.29, 1.82) is 0 Å². The number of guanidine groups is 1. The lowest BCUT2D eigenvalue weighted by molar-refractivity contribution is -0.114. The number of amides is 1. The summed E-state index contributed by atoms with van der Waals surface area (Å²) in [5.74, 6) is 0.343. The number of aromatic hydroxyl groups is 1. The van der Waals surface area contributed by atoms with Crippen LogP contribution in [0.1, 0.15) is 6.92 Å². The Labute approximate surface area is 169 Å². The number of aliphatic imine (C=N–C) groups is 1. The molecule has 1 amide bonds. The Balaban J connectivity index is 1.57. The van der Waals surface area contributed by atoms with Crippen LogP contribution < -0.4 is 15.5 Å². The Kier molecular flexibility index (Phi) is 6.89. The quantitative estimate of drug-likeness (QED) is 0.531. The second kappa shape index (κ2) is 9.77. The lowest BCUT2D eigenvalue weighted by atomic mass is 10.2. The summed E-state index contributed by atoms with van der Waals surface area (Å²) < 4.78 is 13.0. The van der Waals surface area contributed by atoms with Crippen LogP contribution in [0.15, 0.2) is 53.5 Å². The summed E-state index contributed by atoms with van der Waals surface area (Å²) in [5, 5.41) is 16.0. The van der Waals surface area contributed by atoms with Gasteiger partial charge in [0.1, 0.15) is 18.1 Å². The van der Waals surface area contributed by atoms with E-state index in [1.807, 2.05) is 25.1 Å². The average molecular weight is 399 g/mol. The number of nitrogens with one attached hydrogen (secondary N) is 2. The van der Waals surface area contributed by atoms with Crippen molar-refractivity contribution in [1.82, 2.24) is 10.2 Å². The molecule has 1 aliphatic rings. The normalized spacial score (nSPS) is 14.6. The minimum Gasteiger partial charge on any atom is -0.506 e. The molecule has 0 aromatic heterocycles. The molecule has 2 aromatic carbocycles. The molecule has 0 saturated carbocycles. The molecule has 154 valence electrons. The summed E-state index contributed by atoms with van der Waals surface area (Å²) in [4.78, 5) is 20.9. The number of nitrogens with zero attached hydrogens (tertiary/aromatic N) is 3. The first kappa shape index (κ1) is 20.4. The van der Waals surface area contributed by atoms with Crippen molar-refractivity contribution in [3.05, 3.63) is 54.3 Å². The summed E-state index contributed by atoms with van der Waals surface area (Å²) in [5.41, 5.74) is 1.36. The summed E-state index contributed by atoms with van der Waals surface area (Å²) in [6.45, 7) is 5.57. The van der Waals surface area contributed by atoms with E-state index in [-0.39, 0.29) is 24.0 Å². The Morgan fingerprint density at radius 3 is 2.45 bits per heavy atom. The lowest BCUT2D eigenvalue weighted by Gasteiger charge is -2.37. The number of piperazine rings is 1. The Bertz CT molecular complexity index is 848. The highest BCUT2D eigenvalue weighted by molar-refractivity contribution is 5.94. The van der Waals surface area contributed by atoms with Crippen molar-refractivity contribution in [2.75, 3.05) is 49.5 Å². The predicted octanol–water partition coefficient (Wildman–Crippen LogP) is 2.26. The zero-order chi connectivity index (χ0) is 20.6. The SMILES string of the molecule is CCNC(=NCC(=O)Nc1ccc(F)cc1)N1CCN(c2ccccc2O)CC1. The van der Waals surface area contributed by atoms with E-state index in [2.05, 4.69) is 25.4 Å². The van der Waals surface area contributed by atoms with Crippen LogP contribution in [0.4, 0.5) is 15.8 Å². The van der Waals surface area contributed by atoms with Crippen LogP contribution in [0.3, 0.4) is 0 Å². The van der Waals surface area contributed by atoms with Crippen molar-refractivity contribution >= 4 is 23.2 Å².